The summed E-state index contributed by atoms with van der Waals surface area (Å²) in [5.41, 5.74) is 8.59. The van der Waals surface area contributed by atoms with Gasteiger partial charge in [0.1, 0.15) is 0 Å². The molecule has 0 atom stereocenters. The van der Waals surface area contributed by atoms with Crippen molar-refractivity contribution in [1.29, 1.82) is 0 Å². The highest BCUT2D eigenvalue weighted by Gasteiger charge is 2.24. The second-order valence-corrected chi connectivity index (χ2v) is 9.81. The van der Waals surface area contributed by atoms with Crippen molar-refractivity contribution in [1.82, 2.24) is 14.4 Å². The molecule has 8 heteroatoms. The highest BCUT2D eigenvalue weighted by molar-refractivity contribution is 7.89. The lowest BCUT2D eigenvalue weighted by molar-refractivity contribution is 0.379. The fourth-order valence-electron chi connectivity index (χ4n) is 3.77. The van der Waals surface area contributed by atoms with Crippen molar-refractivity contribution in [2.75, 3.05) is 13.1 Å². The first kappa shape index (κ1) is 21.7. The second kappa shape index (κ2) is 9.72. The van der Waals surface area contributed by atoms with Crippen LogP contribution < -0.4 is 5.73 Å². The summed E-state index contributed by atoms with van der Waals surface area (Å²) in [4.78, 5) is 4.83. The van der Waals surface area contributed by atoms with E-state index in [1.807, 2.05) is 36.4 Å². The van der Waals surface area contributed by atoms with E-state index >= 15 is 0 Å². The first-order valence-electron chi connectivity index (χ1n) is 10.8. The molecule has 3 aromatic rings. The van der Waals surface area contributed by atoms with Gasteiger partial charge in [-0.3, -0.25) is 0 Å². The molecular formula is C23H28N4O3S. The van der Waals surface area contributed by atoms with Gasteiger partial charge in [-0.05, 0) is 42.5 Å². The van der Waals surface area contributed by atoms with Crippen LogP contribution in [0.4, 0.5) is 0 Å². The van der Waals surface area contributed by atoms with E-state index in [9.17, 15) is 8.42 Å². The molecule has 1 aliphatic rings. The van der Waals surface area contributed by atoms with Crippen LogP contribution in [0, 0.1) is 0 Å². The molecule has 1 fully saturated rings. The van der Waals surface area contributed by atoms with Crippen LogP contribution in [-0.2, 0) is 29.4 Å². The van der Waals surface area contributed by atoms with Crippen LogP contribution in [0.5, 0.6) is 0 Å². The summed E-state index contributed by atoms with van der Waals surface area (Å²) in [6.07, 6.45) is 5.34. The van der Waals surface area contributed by atoms with Gasteiger partial charge in [0.15, 0.2) is 0 Å². The van der Waals surface area contributed by atoms with E-state index in [-0.39, 0.29) is 0 Å². The Morgan fingerprint density at radius 2 is 1.52 bits per heavy atom. The summed E-state index contributed by atoms with van der Waals surface area (Å²) in [6, 6.07) is 14.9. The fraction of sp³-hybridized carbons (Fsp3) is 0.391. The van der Waals surface area contributed by atoms with Gasteiger partial charge < -0.3 is 10.3 Å². The Labute approximate surface area is 183 Å². The molecule has 2 heterocycles. The molecule has 7 nitrogen and oxygen atoms in total. The number of hydrogen-bond acceptors (Lipinski definition) is 6. The molecule has 2 N–H and O–H groups in total. The molecule has 0 radical (unpaired) electrons. The van der Waals surface area contributed by atoms with Crippen LogP contribution in [-0.4, -0.2) is 36.0 Å². The van der Waals surface area contributed by atoms with Crippen LogP contribution in [0.1, 0.15) is 42.7 Å². The Kier molecular flexibility index (Phi) is 6.80. The molecule has 0 saturated carbocycles. The van der Waals surface area contributed by atoms with E-state index < -0.39 is 10.0 Å². The topological polar surface area (TPSA) is 102 Å². The van der Waals surface area contributed by atoms with Crippen molar-refractivity contribution >= 4 is 10.0 Å². The highest BCUT2D eigenvalue weighted by atomic mass is 32.2. The number of aromatic nitrogens is 2. The number of sulfonamides is 1. The van der Waals surface area contributed by atoms with Gasteiger partial charge in [-0.1, -0.05) is 54.4 Å². The van der Waals surface area contributed by atoms with E-state index in [1.54, 1.807) is 16.4 Å². The molecule has 0 unspecified atom stereocenters. The summed E-state index contributed by atoms with van der Waals surface area (Å²) < 4.78 is 32.8. The Balaban J connectivity index is 1.38. The lowest BCUT2D eigenvalue weighted by Crippen LogP contribution is -2.31. The Hall–Kier alpha value is -2.55. The van der Waals surface area contributed by atoms with E-state index in [4.69, 9.17) is 10.3 Å². The van der Waals surface area contributed by atoms with Gasteiger partial charge in [0.05, 0.1) is 4.90 Å². The standard InChI is InChI=1S/C23H28N4O3S/c24-17-19-5-10-20(11-6-19)23-25-22(30-26-23)14-9-18-7-12-21(13-8-18)31(28,29)27-15-3-1-2-4-16-27/h5-8,10-13H,1-4,9,14-17,24H2. The molecule has 1 aliphatic heterocycles. The molecule has 0 spiro atoms. The minimum atomic E-state index is -3.42. The molecule has 1 aromatic heterocycles. The quantitative estimate of drug-likeness (QED) is 0.603. The normalized spacial score (nSPS) is 15.6. The third-order valence-electron chi connectivity index (χ3n) is 5.67. The molecule has 0 bridgehead atoms. The lowest BCUT2D eigenvalue weighted by atomic mass is 10.1. The van der Waals surface area contributed by atoms with Crippen LogP contribution in [0.2, 0.25) is 0 Å². The third kappa shape index (κ3) is 5.20. The number of aryl methyl sites for hydroxylation is 2. The summed E-state index contributed by atoms with van der Waals surface area (Å²) in [7, 11) is -3.42. The molecule has 164 valence electrons. The second-order valence-electron chi connectivity index (χ2n) is 7.88. The van der Waals surface area contributed by atoms with E-state index in [1.165, 1.54) is 0 Å². The van der Waals surface area contributed by atoms with Crippen LogP contribution >= 0.6 is 0 Å². The van der Waals surface area contributed by atoms with Crippen LogP contribution in [0.15, 0.2) is 57.9 Å². The van der Waals surface area contributed by atoms with Crippen molar-refractivity contribution in [3.8, 4) is 11.4 Å². The van der Waals surface area contributed by atoms with Crippen LogP contribution in [0.25, 0.3) is 11.4 Å². The molecular weight excluding hydrogens is 412 g/mol. The summed E-state index contributed by atoms with van der Waals surface area (Å²) in [6.45, 7) is 1.72. The van der Waals surface area contributed by atoms with Crippen molar-refractivity contribution < 1.29 is 12.9 Å². The third-order valence-corrected chi connectivity index (χ3v) is 7.58. The van der Waals surface area contributed by atoms with Crippen molar-refractivity contribution in [3.05, 3.63) is 65.5 Å². The first-order chi connectivity index (χ1) is 15.1. The minimum Gasteiger partial charge on any atom is -0.339 e. The molecule has 31 heavy (non-hydrogen) atoms. The SMILES string of the molecule is NCc1ccc(-c2noc(CCc3ccc(S(=O)(=O)N4CCCCCC4)cc3)n2)cc1. The Bertz CT molecular complexity index is 1080. The summed E-state index contributed by atoms with van der Waals surface area (Å²) in [5.74, 6) is 1.11. The largest absolute Gasteiger partial charge is 0.339 e. The average Bonchev–Trinajstić information content (AvgIpc) is 3.10. The van der Waals surface area contributed by atoms with Gasteiger partial charge >= 0.3 is 0 Å². The van der Waals surface area contributed by atoms with Gasteiger partial charge in [-0.25, -0.2) is 8.42 Å². The summed E-state index contributed by atoms with van der Waals surface area (Å²) >= 11 is 0. The minimum absolute atomic E-state index is 0.360. The van der Waals surface area contributed by atoms with E-state index in [0.29, 0.717) is 49.1 Å². The maximum Gasteiger partial charge on any atom is 0.243 e. The fourth-order valence-corrected chi connectivity index (χ4v) is 5.29. The number of benzene rings is 2. The predicted octanol–water partition coefficient (Wildman–Crippen LogP) is 3.55. The monoisotopic (exact) mass is 440 g/mol. The first-order valence-corrected chi connectivity index (χ1v) is 12.2. The molecule has 4 rings (SSSR count). The van der Waals surface area contributed by atoms with Crippen molar-refractivity contribution in [3.63, 3.8) is 0 Å². The molecule has 0 aliphatic carbocycles. The number of rotatable bonds is 7. The Morgan fingerprint density at radius 3 is 2.16 bits per heavy atom. The molecule has 2 aromatic carbocycles. The molecule has 0 amide bonds. The van der Waals surface area contributed by atoms with E-state index in [0.717, 1.165) is 42.4 Å². The Morgan fingerprint density at radius 1 is 0.871 bits per heavy atom. The average molecular weight is 441 g/mol. The van der Waals surface area contributed by atoms with Crippen LogP contribution in [0.3, 0.4) is 0 Å². The van der Waals surface area contributed by atoms with Gasteiger partial charge in [0.25, 0.3) is 0 Å². The van der Waals surface area contributed by atoms with Gasteiger partial charge in [0, 0.05) is 31.6 Å². The van der Waals surface area contributed by atoms with Gasteiger partial charge in [0.2, 0.25) is 21.7 Å². The van der Waals surface area contributed by atoms with Crippen molar-refractivity contribution in [2.24, 2.45) is 5.73 Å². The number of nitrogens with two attached hydrogens (primary N) is 1. The number of nitrogens with zero attached hydrogens (tertiary/aromatic N) is 3. The summed E-state index contributed by atoms with van der Waals surface area (Å²) in [5, 5.41) is 4.06. The zero-order valence-corrected chi connectivity index (χ0v) is 18.4. The predicted molar refractivity (Wildman–Crippen MR) is 119 cm³/mol. The van der Waals surface area contributed by atoms with E-state index in [2.05, 4.69) is 10.1 Å². The molecule has 1 saturated heterocycles. The van der Waals surface area contributed by atoms with Crippen molar-refractivity contribution in [2.45, 2.75) is 50.0 Å². The highest BCUT2D eigenvalue weighted by Crippen LogP contribution is 2.21. The lowest BCUT2D eigenvalue weighted by Gasteiger charge is -2.20. The zero-order valence-electron chi connectivity index (χ0n) is 17.5. The van der Waals surface area contributed by atoms with Gasteiger partial charge in [-0.15, -0.1) is 0 Å². The maximum absolute atomic E-state index is 12.9. The number of hydrogen-bond donors (Lipinski definition) is 1. The smallest absolute Gasteiger partial charge is 0.243 e. The maximum atomic E-state index is 12.9. The zero-order chi connectivity index (χ0) is 21.7. The van der Waals surface area contributed by atoms with Gasteiger partial charge in [-0.2, -0.15) is 9.29 Å².